The van der Waals surface area contributed by atoms with Crippen LogP contribution in [0.4, 0.5) is 0 Å². The van der Waals surface area contributed by atoms with Crippen LogP contribution in [0.3, 0.4) is 0 Å². The molecule has 0 saturated heterocycles. The Morgan fingerprint density at radius 2 is 1.88 bits per heavy atom. The van der Waals surface area contributed by atoms with Gasteiger partial charge in [-0.15, -0.1) is 0 Å². The summed E-state index contributed by atoms with van der Waals surface area (Å²) in [5, 5.41) is 1.48. The lowest BCUT2D eigenvalue weighted by atomic mass is 9.86. The van der Waals surface area contributed by atoms with Gasteiger partial charge in [0, 0.05) is 5.56 Å². The summed E-state index contributed by atoms with van der Waals surface area (Å²) in [4.78, 5) is 0. The van der Waals surface area contributed by atoms with Gasteiger partial charge in [0.05, 0.1) is 15.2 Å². The quantitative estimate of drug-likeness (QED) is 0.234. The normalized spacial score (nSPS) is 22.3. The van der Waals surface area contributed by atoms with Crippen LogP contribution in [0.1, 0.15) is 79.2 Å². The third-order valence-corrected chi connectivity index (χ3v) is 14.5. The predicted molar refractivity (Wildman–Crippen MR) is 150 cm³/mol. The van der Waals surface area contributed by atoms with E-state index in [4.69, 9.17) is 9.47 Å². The molecule has 2 aliphatic rings. The molecular formula is C31H48O2Si. The zero-order valence-electron chi connectivity index (χ0n) is 22.9. The molecule has 0 radical (unpaired) electrons. The zero-order valence-corrected chi connectivity index (χ0v) is 23.9. The van der Waals surface area contributed by atoms with Crippen molar-refractivity contribution in [2.45, 2.75) is 96.7 Å². The standard InChI is InChI=1S/C31H48O2Si/c1-9-13-16-24-20-23-17-14-15-18-26(23)30(24)34(11-3,12-4)28-22-25(32-8)21-27(31(5,6)7)29(28)33-19-10-2/h10,14-15,18,21-24,30H,2,9,11-13,16-17,19-20H2,1,3-8H3. The summed E-state index contributed by atoms with van der Waals surface area (Å²) in [7, 11) is -0.195. The Morgan fingerprint density at radius 1 is 1.15 bits per heavy atom. The van der Waals surface area contributed by atoms with Crippen LogP contribution < -0.4 is 14.7 Å². The molecule has 0 aromatic heterocycles. The van der Waals surface area contributed by atoms with E-state index in [-0.39, 0.29) is 5.41 Å². The van der Waals surface area contributed by atoms with E-state index in [1.165, 1.54) is 54.9 Å². The first kappa shape index (κ1) is 26.9. The number of ether oxygens (including phenoxy) is 2. The molecule has 1 fully saturated rings. The topological polar surface area (TPSA) is 18.5 Å². The van der Waals surface area contributed by atoms with Crippen molar-refractivity contribution in [3.63, 3.8) is 0 Å². The molecule has 2 aliphatic carbocycles. The van der Waals surface area contributed by atoms with Crippen molar-refractivity contribution in [3.8, 4) is 11.5 Å². The number of methoxy groups -OCH3 is 1. The molecule has 188 valence electrons. The van der Waals surface area contributed by atoms with Crippen molar-refractivity contribution < 1.29 is 9.47 Å². The van der Waals surface area contributed by atoms with Gasteiger partial charge in [0.25, 0.3) is 0 Å². The van der Waals surface area contributed by atoms with Gasteiger partial charge in [0.2, 0.25) is 0 Å². The molecular weight excluding hydrogens is 432 g/mol. The largest absolute Gasteiger partial charge is 0.497 e. The monoisotopic (exact) mass is 480 g/mol. The minimum Gasteiger partial charge on any atom is -0.497 e. The van der Waals surface area contributed by atoms with Crippen molar-refractivity contribution in [2.75, 3.05) is 13.7 Å². The summed E-state index contributed by atoms with van der Waals surface area (Å²) in [6.45, 7) is 18.6. The molecule has 3 atom stereocenters. The Bertz CT molecular complexity index is 901. The molecule has 0 aliphatic heterocycles. The van der Waals surface area contributed by atoms with Crippen LogP contribution in [0.25, 0.3) is 0 Å². The van der Waals surface area contributed by atoms with Crippen molar-refractivity contribution in [1.82, 2.24) is 0 Å². The average Bonchev–Trinajstić information content (AvgIpc) is 3.21. The molecule has 0 spiro atoms. The zero-order chi connectivity index (χ0) is 24.9. The minimum absolute atomic E-state index is 0.0336. The first-order chi connectivity index (χ1) is 16.3. The van der Waals surface area contributed by atoms with Gasteiger partial charge in [-0.25, -0.2) is 0 Å². The molecule has 0 N–H and O–H groups in total. The van der Waals surface area contributed by atoms with E-state index >= 15 is 0 Å². The lowest BCUT2D eigenvalue weighted by Gasteiger charge is -2.43. The second-order valence-electron chi connectivity index (χ2n) is 11.4. The number of rotatable bonds is 11. The third-order valence-electron chi connectivity index (χ3n) is 8.51. The van der Waals surface area contributed by atoms with Crippen LogP contribution in [-0.2, 0) is 5.41 Å². The summed E-state index contributed by atoms with van der Waals surface area (Å²) in [5.41, 5.74) is 3.65. The number of fused-ring (bicyclic) bond motifs is 1. The van der Waals surface area contributed by atoms with Gasteiger partial charge in [-0.3, -0.25) is 0 Å². The summed E-state index contributed by atoms with van der Waals surface area (Å²) in [5.74, 6) is 3.60. The van der Waals surface area contributed by atoms with Crippen LogP contribution in [0.2, 0.25) is 17.6 Å². The Kier molecular flexibility index (Phi) is 8.95. The molecule has 2 nitrogen and oxygen atoms in total. The van der Waals surface area contributed by atoms with Crippen LogP contribution in [0.15, 0.2) is 48.6 Å². The summed E-state index contributed by atoms with van der Waals surface area (Å²) < 4.78 is 12.5. The molecule has 3 rings (SSSR count). The van der Waals surface area contributed by atoms with E-state index in [1.807, 2.05) is 6.08 Å². The van der Waals surface area contributed by atoms with Gasteiger partial charge >= 0.3 is 0 Å². The van der Waals surface area contributed by atoms with Crippen LogP contribution in [0, 0.1) is 11.8 Å². The first-order valence-electron chi connectivity index (χ1n) is 13.6. The maximum Gasteiger partial charge on any atom is 0.123 e. The third kappa shape index (κ3) is 5.10. The Morgan fingerprint density at radius 3 is 2.47 bits per heavy atom. The number of benzene rings is 1. The highest BCUT2D eigenvalue weighted by molar-refractivity contribution is 6.94. The van der Waals surface area contributed by atoms with Crippen LogP contribution in [-0.4, -0.2) is 21.8 Å². The smallest absolute Gasteiger partial charge is 0.123 e. The van der Waals surface area contributed by atoms with Crippen molar-refractivity contribution in [1.29, 1.82) is 0 Å². The summed E-state index contributed by atoms with van der Waals surface area (Å²) in [6, 6.07) is 7.02. The Balaban J connectivity index is 2.30. The molecule has 1 aromatic rings. The Labute approximate surface area is 210 Å². The van der Waals surface area contributed by atoms with Crippen LogP contribution in [0.5, 0.6) is 11.5 Å². The molecule has 1 saturated carbocycles. The van der Waals surface area contributed by atoms with Gasteiger partial charge < -0.3 is 9.47 Å². The van der Waals surface area contributed by atoms with Gasteiger partial charge in [0.15, 0.2) is 0 Å². The minimum atomic E-state index is -2.00. The van der Waals surface area contributed by atoms with Crippen molar-refractivity contribution >= 4 is 13.3 Å². The number of allylic oxidation sites excluding steroid dienone is 4. The van der Waals surface area contributed by atoms with Gasteiger partial charge in [0.1, 0.15) is 18.1 Å². The van der Waals surface area contributed by atoms with E-state index in [9.17, 15) is 0 Å². The van der Waals surface area contributed by atoms with Crippen molar-refractivity contribution in [3.05, 3.63) is 54.2 Å². The number of hydrogen-bond donors (Lipinski definition) is 0. The van der Waals surface area contributed by atoms with Crippen molar-refractivity contribution in [2.24, 2.45) is 11.8 Å². The van der Waals surface area contributed by atoms with E-state index in [1.54, 1.807) is 12.7 Å². The molecule has 1 aromatic carbocycles. The lowest BCUT2D eigenvalue weighted by Crippen LogP contribution is -2.53. The fourth-order valence-corrected chi connectivity index (χ4v) is 12.5. The lowest BCUT2D eigenvalue weighted by molar-refractivity contribution is 0.351. The molecule has 0 heterocycles. The molecule has 3 heteroatoms. The Hall–Kier alpha value is -1.74. The highest BCUT2D eigenvalue weighted by Gasteiger charge is 2.52. The molecule has 0 amide bonds. The predicted octanol–water partition coefficient (Wildman–Crippen LogP) is 8.34. The first-order valence-corrected chi connectivity index (χ1v) is 16.1. The second kappa shape index (κ2) is 11.3. The van der Waals surface area contributed by atoms with Gasteiger partial charge in [-0.2, -0.15) is 0 Å². The summed E-state index contributed by atoms with van der Waals surface area (Å²) in [6.07, 6.45) is 15.6. The number of hydrogen-bond acceptors (Lipinski definition) is 2. The van der Waals surface area contributed by atoms with E-state index in [0.29, 0.717) is 12.1 Å². The van der Waals surface area contributed by atoms with E-state index in [0.717, 1.165) is 23.3 Å². The highest BCUT2D eigenvalue weighted by atomic mass is 28.3. The van der Waals surface area contributed by atoms with Gasteiger partial charge in [-0.1, -0.05) is 109 Å². The molecule has 34 heavy (non-hydrogen) atoms. The van der Waals surface area contributed by atoms with Gasteiger partial charge in [-0.05, 0) is 53.0 Å². The van der Waals surface area contributed by atoms with E-state index < -0.39 is 8.07 Å². The SMILES string of the molecule is C=CCOc1c(C(C)(C)C)cc(OC)cc1[Si](CC)(CC)C1C2=CC=CCC2CC1CCCC. The summed E-state index contributed by atoms with van der Waals surface area (Å²) >= 11 is 0. The van der Waals surface area contributed by atoms with Crippen LogP contribution >= 0.6 is 0 Å². The molecule has 3 unspecified atom stereocenters. The highest BCUT2D eigenvalue weighted by Crippen LogP contribution is 2.57. The number of unbranched alkanes of at least 4 members (excludes halogenated alkanes) is 1. The second-order valence-corrected chi connectivity index (χ2v) is 16.3. The average molecular weight is 481 g/mol. The fraction of sp³-hybridized carbons (Fsp3) is 0.613. The molecule has 0 bridgehead atoms. The maximum absolute atomic E-state index is 6.59. The maximum atomic E-state index is 6.59. The van der Waals surface area contributed by atoms with E-state index in [2.05, 4.69) is 78.5 Å². The fourth-order valence-electron chi connectivity index (χ4n) is 6.76.